The molecule has 0 atom stereocenters. The molecule has 0 aliphatic heterocycles. The zero-order valence-electron chi connectivity index (χ0n) is 9.71. The van der Waals surface area contributed by atoms with Crippen LogP contribution in [0.1, 0.15) is 52.4 Å². The van der Waals surface area contributed by atoms with Crippen LogP contribution in [0.25, 0.3) is 0 Å². The van der Waals surface area contributed by atoms with Crippen molar-refractivity contribution in [2.45, 2.75) is 52.4 Å². The van der Waals surface area contributed by atoms with Crippen LogP contribution in [0.5, 0.6) is 0 Å². The molecule has 0 aromatic rings. The van der Waals surface area contributed by atoms with Gasteiger partial charge in [0.1, 0.15) is 0 Å². The molecule has 0 N–H and O–H groups in total. The number of allylic oxidation sites excluding steroid dienone is 6. The molecule has 0 radical (unpaired) electrons. The molecule has 0 unspecified atom stereocenters. The Morgan fingerprint density at radius 1 is 0.786 bits per heavy atom. The van der Waals surface area contributed by atoms with E-state index in [-0.39, 0.29) is 0 Å². The largest absolute Gasteiger partial charge is 0.0885 e. The van der Waals surface area contributed by atoms with Crippen LogP contribution in [0.3, 0.4) is 0 Å². The normalized spacial score (nSPS) is 12.4. The van der Waals surface area contributed by atoms with E-state index in [0.29, 0.717) is 0 Å². The molecule has 0 saturated carbocycles. The van der Waals surface area contributed by atoms with Gasteiger partial charge >= 0.3 is 0 Å². The molecule has 0 aliphatic rings. The Balaban J connectivity index is 3.13. The lowest BCUT2D eigenvalue weighted by molar-refractivity contribution is 0.759. The van der Waals surface area contributed by atoms with E-state index in [0.717, 1.165) is 0 Å². The van der Waals surface area contributed by atoms with Crippen molar-refractivity contribution in [1.29, 1.82) is 0 Å². The van der Waals surface area contributed by atoms with Crippen molar-refractivity contribution in [1.82, 2.24) is 0 Å². The van der Waals surface area contributed by atoms with Crippen molar-refractivity contribution in [2.75, 3.05) is 0 Å². The first kappa shape index (κ1) is 13.2. The molecule has 0 spiro atoms. The van der Waals surface area contributed by atoms with Gasteiger partial charge in [-0.05, 0) is 39.0 Å². The summed E-state index contributed by atoms with van der Waals surface area (Å²) in [5.41, 5.74) is 0. The maximum absolute atomic E-state index is 2.32. The van der Waals surface area contributed by atoms with Crippen molar-refractivity contribution in [3.63, 3.8) is 0 Å². The highest BCUT2D eigenvalue weighted by atomic mass is 13.9. The van der Waals surface area contributed by atoms with Crippen molar-refractivity contribution in [3.8, 4) is 0 Å². The SMILES string of the molecule is C/C=C/C=C/CCCC/C=C/CCC. The molecule has 0 aliphatic carbocycles. The maximum Gasteiger partial charge on any atom is -0.0347 e. The second-order valence-electron chi connectivity index (χ2n) is 3.50. The minimum Gasteiger partial charge on any atom is -0.0885 e. The Labute approximate surface area is 89.4 Å². The van der Waals surface area contributed by atoms with Gasteiger partial charge in [-0.3, -0.25) is 0 Å². The summed E-state index contributed by atoms with van der Waals surface area (Å²) in [5, 5.41) is 0. The van der Waals surface area contributed by atoms with Crippen molar-refractivity contribution in [2.24, 2.45) is 0 Å². The number of hydrogen-bond acceptors (Lipinski definition) is 0. The van der Waals surface area contributed by atoms with Crippen LogP contribution in [0, 0.1) is 0 Å². The highest BCUT2D eigenvalue weighted by molar-refractivity contribution is 5.00. The van der Waals surface area contributed by atoms with E-state index in [1.807, 2.05) is 6.92 Å². The van der Waals surface area contributed by atoms with Crippen molar-refractivity contribution >= 4 is 0 Å². The summed E-state index contributed by atoms with van der Waals surface area (Å²) in [6.45, 7) is 4.26. The molecule has 0 amide bonds. The summed E-state index contributed by atoms with van der Waals surface area (Å²) in [7, 11) is 0. The van der Waals surface area contributed by atoms with Gasteiger partial charge < -0.3 is 0 Å². The fourth-order valence-corrected chi connectivity index (χ4v) is 1.21. The summed E-state index contributed by atoms with van der Waals surface area (Å²) in [6.07, 6.45) is 20.7. The van der Waals surface area contributed by atoms with Crippen LogP contribution in [-0.4, -0.2) is 0 Å². The van der Waals surface area contributed by atoms with Crippen LogP contribution in [0.2, 0.25) is 0 Å². The molecule has 0 aromatic carbocycles. The van der Waals surface area contributed by atoms with Gasteiger partial charge in [0.2, 0.25) is 0 Å². The third-order valence-corrected chi connectivity index (χ3v) is 2.05. The Hall–Kier alpha value is -0.780. The zero-order chi connectivity index (χ0) is 10.5. The summed E-state index contributed by atoms with van der Waals surface area (Å²) >= 11 is 0. The fourth-order valence-electron chi connectivity index (χ4n) is 1.21. The molecule has 0 rings (SSSR count). The predicted molar refractivity (Wildman–Crippen MR) is 66.5 cm³/mol. The number of rotatable bonds is 8. The molecule has 0 fully saturated rings. The molecular formula is C14H24. The molecule has 0 bridgehead atoms. The highest BCUT2D eigenvalue weighted by Gasteiger charge is 1.82. The van der Waals surface area contributed by atoms with Gasteiger partial charge in [-0.1, -0.05) is 49.8 Å². The lowest BCUT2D eigenvalue weighted by Crippen LogP contribution is -1.72. The summed E-state index contributed by atoms with van der Waals surface area (Å²) in [4.78, 5) is 0. The smallest absolute Gasteiger partial charge is 0.0347 e. The average molecular weight is 192 g/mol. The quantitative estimate of drug-likeness (QED) is 0.287. The zero-order valence-corrected chi connectivity index (χ0v) is 9.71. The van der Waals surface area contributed by atoms with Gasteiger partial charge in [0, 0.05) is 0 Å². The van der Waals surface area contributed by atoms with E-state index in [9.17, 15) is 0 Å². The van der Waals surface area contributed by atoms with Crippen LogP contribution in [0.15, 0.2) is 36.5 Å². The van der Waals surface area contributed by atoms with E-state index in [1.54, 1.807) is 0 Å². The molecule has 80 valence electrons. The first-order valence-corrected chi connectivity index (χ1v) is 5.84. The van der Waals surface area contributed by atoms with Gasteiger partial charge in [0.25, 0.3) is 0 Å². The molecular weight excluding hydrogens is 168 g/mol. The summed E-state index contributed by atoms with van der Waals surface area (Å²) < 4.78 is 0. The fraction of sp³-hybridized carbons (Fsp3) is 0.571. The highest BCUT2D eigenvalue weighted by Crippen LogP contribution is 2.02. The van der Waals surface area contributed by atoms with E-state index >= 15 is 0 Å². The number of hydrogen-bond donors (Lipinski definition) is 0. The number of unbranched alkanes of at least 4 members (excludes halogenated alkanes) is 4. The van der Waals surface area contributed by atoms with Crippen LogP contribution in [-0.2, 0) is 0 Å². The molecule has 0 nitrogen and oxygen atoms in total. The first-order valence-electron chi connectivity index (χ1n) is 5.84. The minimum absolute atomic E-state index is 1.21. The lowest BCUT2D eigenvalue weighted by Gasteiger charge is -1.92. The second-order valence-corrected chi connectivity index (χ2v) is 3.50. The summed E-state index contributed by atoms with van der Waals surface area (Å²) in [5.74, 6) is 0. The van der Waals surface area contributed by atoms with Gasteiger partial charge in [0.05, 0.1) is 0 Å². The molecule has 0 aromatic heterocycles. The maximum atomic E-state index is 2.32. The van der Waals surface area contributed by atoms with E-state index in [2.05, 4.69) is 43.4 Å². The van der Waals surface area contributed by atoms with Crippen LogP contribution in [0.4, 0.5) is 0 Å². The van der Waals surface area contributed by atoms with Crippen molar-refractivity contribution < 1.29 is 0 Å². The first-order chi connectivity index (χ1) is 6.91. The van der Waals surface area contributed by atoms with Crippen molar-refractivity contribution in [3.05, 3.63) is 36.5 Å². The topological polar surface area (TPSA) is 0 Å². The Morgan fingerprint density at radius 3 is 2.07 bits per heavy atom. The average Bonchev–Trinajstić information content (AvgIpc) is 2.21. The van der Waals surface area contributed by atoms with E-state index in [4.69, 9.17) is 0 Å². The van der Waals surface area contributed by atoms with Gasteiger partial charge in [-0.15, -0.1) is 0 Å². The standard InChI is InChI=1S/C14H24/c1-3-5-7-9-11-13-14-12-10-8-6-4-2/h3,5,7-10H,4,6,11-14H2,1-2H3/b5-3+,9-7+,10-8+. The van der Waals surface area contributed by atoms with Gasteiger partial charge in [0.15, 0.2) is 0 Å². The van der Waals surface area contributed by atoms with Gasteiger partial charge in [-0.2, -0.15) is 0 Å². The Bertz CT molecular complexity index is 172. The third kappa shape index (κ3) is 11.2. The minimum atomic E-state index is 1.21. The van der Waals surface area contributed by atoms with E-state index < -0.39 is 0 Å². The van der Waals surface area contributed by atoms with Crippen LogP contribution >= 0.6 is 0 Å². The summed E-state index contributed by atoms with van der Waals surface area (Å²) in [6, 6.07) is 0. The molecule has 0 heterocycles. The third-order valence-electron chi connectivity index (χ3n) is 2.05. The van der Waals surface area contributed by atoms with E-state index in [1.165, 1.54) is 38.5 Å². The second kappa shape index (κ2) is 12.2. The monoisotopic (exact) mass is 192 g/mol. The Morgan fingerprint density at radius 2 is 1.43 bits per heavy atom. The van der Waals surface area contributed by atoms with Gasteiger partial charge in [-0.25, -0.2) is 0 Å². The molecule has 0 heteroatoms. The lowest BCUT2D eigenvalue weighted by atomic mass is 10.1. The predicted octanol–water partition coefficient (Wildman–Crippen LogP) is 5.04. The Kier molecular flexibility index (Phi) is 11.5. The molecule has 14 heavy (non-hydrogen) atoms. The van der Waals surface area contributed by atoms with Crippen LogP contribution < -0.4 is 0 Å². The molecule has 0 saturated heterocycles.